The quantitative estimate of drug-likeness (QED) is 0.781. The van der Waals surface area contributed by atoms with Crippen LogP contribution in [0.3, 0.4) is 0 Å². The van der Waals surface area contributed by atoms with E-state index in [4.69, 9.17) is 0 Å². The van der Waals surface area contributed by atoms with Crippen molar-refractivity contribution in [3.63, 3.8) is 0 Å². The van der Waals surface area contributed by atoms with Crippen LogP contribution in [-0.4, -0.2) is 22.5 Å². The zero-order chi connectivity index (χ0) is 12.7. The molecule has 0 aliphatic carbocycles. The van der Waals surface area contributed by atoms with Gasteiger partial charge in [-0.2, -0.15) is 11.8 Å². The summed E-state index contributed by atoms with van der Waals surface area (Å²) in [5.74, 6) is 0. The van der Waals surface area contributed by atoms with Crippen LogP contribution in [0.1, 0.15) is 44.3 Å². The average molecular weight is 272 g/mol. The van der Waals surface area contributed by atoms with Crippen molar-refractivity contribution in [3.05, 3.63) is 16.1 Å². The summed E-state index contributed by atoms with van der Waals surface area (Å²) in [6.07, 6.45) is 5.69. The first kappa shape index (κ1) is 15.0. The molecule has 0 amide bonds. The number of rotatable bonds is 8. The van der Waals surface area contributed by atoms with Crippen LogP contribution in [0.15, 0.2) is 5.38 Å². The van der Waals surface area contributed by atoms with Gasteiger partial charge in [0.1, 0.15) is 0 Å². The van der Waals surface area contributed by atoms with Crippen molar-refractivity contribution in [2.24, 2.45) is 0 Å². The topological polar surface area (TPSA) is 24.9 Å². The Morgan fingerprint density at radius 3 is 2.53 bits per heavy atom. The minimum Gasteiger partial charge on any atom is -0.310 e. The molecule has 0 saturated heterocycles. The second-order valence-electron chi connectivity index (χ2n) is 4.28. The molecule has 0 saturated carbocycles. The average Bonchev–Trinajstić information content (AvgIpc) is 2.83. The summed E-state index contributed by atoms with van der Waals surface area (Å²) in [7, 11) is 0. The van der Waals surface area contributed by atoms with E-state index in [-0.39, 0.29) is 0 Å². The number of nitrogens with zero attached hydrogens (tertiary/aromatic N) is 1. The lowest BCUT2D eigenvalue weighted by Crippen LogP contribution is -2.36. The predicted octanol–water partition coefficient (Wildman–Crippen LogP) is 3.72. The normalized spacial score (nSPS) is 12.0. The van der Waals surface area contributed by atoms with Crippen LogP contribution in [0.4, 0.5) is 0 Å². The van der Waals surface area contributed by atoms with E-state index in [2.05, 4.69) is 42.7 Å². The SMILES string of the molecule is CCc1nc(CNCC(CC)(CC)SC)cs1. The van der Waals surface area contributed by atoms with Crippen LogP contribution in [0.2, 0.25) is 0 Å². The van der Waals surface area contributed by atoms with E-state index >= 15 is 0 Å². The van der Waals surface area contributed by atoms with Crippen LogP contribution in [0, 0.1) is 0 Å². The summed E-state index contributed by atoms with van der Waals surface area (Å²) in [6.45, 7) is 8.68. The van der Waals surface area contributed by atoms with Crippen molar-refractivity contribution in [2.45, 2.75) is 51.3 Å². The van der Waals surface area contributed by atoms with E-state index in [1.54, 1.807) is 11.3 Å². The van der Waals surface area contributed by atoms with Crippen LogP contribution >= 0.6 is 23.1 Å². The van der Waals surface area contributed by atoms with Crippen LogP contribution < -0.4 is 5.32 Å². The lowest BCUT2D eigenvalue weighted by molar-refractivity contribution is 0.493. The lowest BCUT2D eigenvalue weighted by Gasteiger charge is -2.29. The first-order chi connectivity index (χ1) is 8.19. The molecule has 1 rings (SSSR count). The van der Waals surface area contributed by atoms with Gasteiger partial charge in [0, 0.05) is 23.2 Å². The van der Waals surface area contributed by atoms with Crippen LogP contribution in [0.25, 0.3) is 0 Å². The molecule has 1 N–H and O–H groups in total. The first-order valence-electron chi connectivity index (χ1n) is 6.38. The molecule has 0 atom stereocenters. The van der Waals surface area contributed by atoms with Crippen molar-refractivity contribution in [1.82, 2.24) is 10.3 Å². The second-order valence-corrected chi connectivity index (χ2v) is 6.50. The fourth-order valence-corrected chi connectivity index (χ4v) is 3.44. The number of hydrogen-bond acceptors (Lipinski definition) is 4. The fourth-order valence-electron chi connectivity index (χ4n) is 1.87. The third-order valence-corrected chi connectivity index (χ3v) is 6.01. The monoisotopic (exact) mass is 272 g/mol. The zero-order valence-electron chi connectivity index (χ0n) is 11.4. The highest BCUT2D eigenvalue weighted by Gasteiger charge is 2.24. The largest absolute Gasteiger partial charge is 0.310 e. The Labute approximate surface area is 114 Å². The van der Waals surface area contributed by atoms with E-state index < -0.39 is 0 Å². The number of nitrogens with one attached hydrogen (secondary N) is 1. The second kappa shape index (κ2) is 7.39. The van der Waals surface area contributed by atoms with Gasteiger partial charge in [-0.05, 0) is 25.5 Å². The first-order valence-corrected chi connectivity index (χ1v) is 8.49. The molecule has 0 radical (unpaired) electrons. The fraction of sp³-hybridized carbons (Fsp3) is 0.769. The van der Waals surface area contributed by atoms with Crippen LogP contribution in [0.5, 0.6) is 0 Å². The van der Waals surface area contributed by atoms with Crippen molar-refractivity contribution in [1.29, 1.82) is 0 Å². The molecular weight excluding hydrogens is 248 g/mol. The highest BCUT2D eigenvalue weighted by molar-refractivity contribution is 8.00. The summed E-state index contributed by atoms with van der Waals surface area (Å²) < 4.78 is 0.392. The molecule has 0 spiro atoms. The summed E-state index contributed by atoms with van der Waals surface area (Å²) in [5.41, 5.74) is 1.19. The Morgan fingerprint density at radius 1 is 1.35 bits per heavy atom. The van der Waals surface area contributed by atoms with Gasteiger partial charge in [0.25, 0.3) is 0 Å². The van der Waals surface area contributed by atoms with E-state index in [1.807, 2.05) is 11.8 Å². The van der Waals surface area contributed by atoms with Gasteiger partial charge in [0.15, 0.2) is 0 Å². The molecule has 0 aliphatic rings. The van der Waals surface area contributed by atoms with E-state index in [1.165, 1.54) is 23.5 Å². The van der Waals surface area contributed by atoms with Gasteiger partial charge in [-0.3, -0.25) is 0 Å². The maximum absolute atomic E-state index is 4.58. The van der Waals surface area contributed by atoms with Gasteiger partial charge >= 0.3 is 0 Å². The predicted molar refractivity (Wildman–Crippen MR) is 80.0 cm³/mol. The van der Waals surface area contributed by atoms with Gasteiger partial charge < -0.3 is 5.32 Å². The third kappa shape index (κ3) is 4.27. The summed E-state index contributed by atoms with van der Waals surface area (Å²) in [5, 5.41) is 6.97. The van der Waals surface area contributed by atoms with E-state index in [0.29, 0.717) is 4.75 Å². The number of aryl methyl sites for hydroxylation is 1. The summed E-state index contributed by atoms with van der Waals surface area (Å²) in [6, 6.07) is 0. The molecule has 0 bridgehead atoms. The molecule has 2 nitrogen and oxygen atoms in total. The molecule has 0 fully saturated rings. The zero-order valence-corrected chi connectivity index (χ0v) is 13.0. The number of hydrogen-bond donors (Lipinski definition) is 1. The Bertz CT molecular complexity index is 311. The van der Waals surface area contributed by atoms with Crippen molar-refractivity contribution >= 4 is 23.1 Å². The Morgan fingerprint density at radius 2 is 2.06 bits per heavy atom. The third-order valence-electron chi connectivity index (χ3n) is 3.38. The molecule has 98 valence electrons. The molecule has 1 heterocycles. The molecule has 4 heteroatoms. The number of aromatic nitrogens is 1. The van der Waals surface area contributed by atoms with E-state index in [0.717, 1.165) is 19.5 Å². The van der Waals surface area contributed by atoms with Gasteiger partial charge in [-0.25, -0.2) is 4.98 Å². The van der Waals surface area contributed by atoms with Gasteiger partial charge in [0.05, 0.1) is 10.7 Å². The minimum absolute atomic E-state index is 0.392. The molecule has 1 aromatic rings. The summed E-state index contributed by atoms with van der Waals surface area (Å²) >= 11 is 3.75. The molecular formula is C13H24N2S2. The number of thiazole rings is 1. The van der Waals surface area contributed by atoms with Gasteiger partial charge in [0.2, 0.25) is 0 Å². The Hall–Kier alpha value is -0.0600. The lowest BCUT2D eigenvalue weighted by atomic mass is 10.0. The maximum atomic E-state index is 4.58. The molecule has 0 aromatic carbocycles. The van der Waals surface area contributed by atoms with Crippen molar-refractivity contribution in [3.8, 4) is 0 Å². The molecule has 0 aliphatic heterocycles. The molecule has 1 aromatic heterocycles. The number of thioether (sulfide) groups is 1. The van der Waals surface area contributed by atoms with Crippen LogP contribution in [-0.2, 0) is 13.0 Å². The molecule has 17 heavy (non-hydrogen) atoms. The minimum atomic E-state index is 0.392. The standard InChI is InChI=1S/C13H24N2S2/c1-5-12-15-11(9-17-12)8-14-10-13(6-2,7-3)16-4/h9,14H,5-8,10H2,1-4H3. The van der Waals surface area contributed by atoms with Gasteiger partial charge in [-0.15, -0.1) is 11.3 Å². The van der Waals surface area contributed by atoms with E-state index in [9.17, 15) is 0 Å². The Kier molecular flexibility index (Phi) is 6.52. The Balaban J connectivity index is 2.40. The maximum Gasteiger partial charge on any atom is 0.0926 e. The van der Waals surface area contributed by atoms with Crippen molar-refractivity contribution < 1.29 is 0 Å². The highest BCUT2D eigenvalue weighted by atomic mass is 32.2. The molecule has 0 unspecified atom stereocenters. The smallest absolute Gasteiger partial charge is 0.0926 e. The van der Waals surface area contributed by atoms with Gasteiger partial charge in [-0.1, -0.05) is 20.8 Å². The highest BCUT2D eigenvalue weighted by Crippen LogP contribution is 2.29. The summed E-state index contributed by atoms with van der Waals surface area (Å²) in [4.78, 5) is 4.58. The van der Waals surface area contributed by atoms with Crippen molar-refractivity contribution in [2.75, 3.05) is 12.8 Å².